The summed E-state index contributed by atoms with van der Waals surface area (Å²) in [7, 11) is 0. The number of para-hydroxylation sites is 1. The molecule has 2 rings (SSSR count). The van der Waals surface area contributed by atoms with E-state index in [0.29, 0.717) is 6.61 Å². The molecule has 4 heteroatoms. The fourth-order valence-corrected chi connectivity index (χ4v) is 3.19. The molecule has 84 valence electrons. The van der Waals surface area contributed by atoms with Gasteiger partial charge in [-0.2, -0.15) is 0 Å². The molecule has 0 aliphatic heterocycles. The molecule has 0 N–H and O–H groups in total. The summed E-state index contributed by atoms with van der Waals surface area (Å²) < 4.78 is 6.93. The molecule has 1 aromatic heterocycles. The molecule has 0 spiro atoms. The predicted octanol–water partition coefficient (Wildman–Crippen LogP) is 4.98. The highest BCUT2D eigenvalue weighted by Gasteiger charge is 2.03. The SMILES string of the molecule is BrCc1ccccc1OCc1ccc(Br)s1. The van der Waals surface area contributed by atoms with Crippen LogP contribution in [0.25, 0.3) is 0 Å². The molecule has 0 bridgehead atoms. The van der Waals surface area contributed by atoms with Gasteiger partial charge in [0.15, 0.2) is 0 Å². The Bertz CT molecular complexity index is 468. The molecule has 1 nitrogen and oxygen atoms in total. The average Bonchev–Trinajstić information content (AvgIpc) is 2.73. The van der Waals surface area contributed by atoms with Crippen LogP contribution >= 0.6 is 43.2 Å². The van der Waals surface area contributed by atoms with Crippen molar-refractivity contribution in [1.82, 2.24) is 0 Å². The second-order valence-electron chi connectivity index (χ2n) is 3.24. The van der Waals surface area contributed by atoms with Gasteiger partial charge >= 0.3 is 0 Å². The van der Waals surface area contributed by atoms with Crippen molar-refractivity contribution in [3.05, 3.63) is 50.6 Å². The summed E-state index contributed by atoms with van der Waals surface area (Å²) in [5.74, 6) is 0.948. The zero-order valence-corrected chi connectivity index (χ0v) is 12.4. The highest BCUT2D eigenvalue weighted by Crippen LogP contribution is 2.25. The summed E-state index contributed by atoms with van der Waals surface area (Å²) in [6, 6.07) is 12.2. The van der Waals surface area contributed by atoms with E-state index in [0.717, 1.165) is 14.9 Å². The van der Waals surface area contributed by atoms with E-state index in [1.807, 2.05) is 24.3 Å². The molecular formula is C12H10Br2OS. The molecule has 1 aromatic carbocycles. The molecule has 16 heavy (non-hydrogen) atoms. The maximum Gasteiger partial charge on any atom is 0.123 e. The third-order valence-corrected chi connectivity index (χ3v) is 4.32. The van der Waals surface area contributed by atoms with E-state index in [-0.39, 0.29) is 0 Å². The normalized spacial score (nSPS) is 10.4. The summed E-state index contributed by atoms with van der Waals surface area (Å²) in [5.41, 5.74) is 1.18. The van der Waals surface area contributed by atoms with E-state index in [1.165, 1.54) is 10.4 Å². The van der Waals surface area contributed by atoms with E-state index in [4.69, 9.17) is 4.74 Å². The topological polar surface area (TPSA) is 9.23 Å². The number of benzene rings is 1. The van der Waals surface area contributed by atoms with Crippen molar-refractivity contribution in [2.45, 2.75) is 11.9 Å². The smallest absolute Gasteiger partial charge is 0.123 e. The molecule has 0 saturated carbocycles. The number of rotatable bonds is 4. The molecule has 0 aliphatic carbocycles. The Morgan fingerprint density at radius 1 is 1.12 bits per heavy atom. The lowest BCUT2D eigenvalue weighted by atomic mass is 10.2. The highest BCUT2D eigenvalue weighted by atomic mass is 79.9. The third kappa shape index (κ3) is 3.09. The number of halogens is 2. The van der Waals surface area contributed by atoms with E-state index >= 15 is 0 Å². The van der Waals surface area contributed by atoms with Crippen molar-refractivity contribution in [1.29, 1.82) is 0 Å². The minimum absolute atomic E-state index is 0.625. The molecule has 0 fully saturated rings. The zero-order chi connectivity index (χ0) is 11.4. The Hall–Kier alpha value is -0.320. The molecule has 0 unspecified atom stereocenters. The van der Waals surface area contributed by atoms with Crippen LogP contribution in [0.15, 0.2) is 40.2 Å². The molecule has 1 heterocycles. The quantitative estimate of drug-likeness (QED) is 0.697. The molecule has 0 saturated heterocycles. The lowest BCUT2D eigenvalue weighted by Gasteiger charge is -2.08. The number of hydrogen-bond acceptors (Lipinski definition) is 2. The number of alkyl halides is 1. The maximum atomic E-state index is 5.79. The van der Waals surface area contributed by atoms with Gasteiger partial charge in [-0.3, -0.25) is 0 Å². The van der Waals surface area contributed by atoms with E-state index in [2.05, 4.69) is 44.0 Å². The van der Waals surface area contributed by atoms with Crippen LogP contribution < -0.4 is 4.74 Å². The molecule has 0 amide bonds. The Balaban J connectivity index is 2.04. The van der Waals surface area contributed by atoms with Gasteiger partial charge in [-0.15, -0.1) is 11.3 Å². The third-order valence-electron chi connectivity index (χ3n) is 2.12. The van der Waals surface area contributed by atoms with Crippen LogP contribution in [0, 0.1) is 0 Å². The Kier molecular flexibility index (Phi) is 4.44. The first-order valence-electron chi connectivity index (χ1n) is 4.80. The first kappa shape index (κ1) is 12.1. The summed E-state index contributed by atoms with van der Waals surface area (Å²) >= 11 is 8.60. The van der Waals surface area contributed by atoms with Crippen molar-refractivity contribution in [3.63, 3.8) is 0 Å². The van der Waals surface area contributed by atoms with Crippen molar-refractivity contribution in [3.8, 4) is 5.75 Å². The number of thiophene rings is 1. The van der Waals surface area contributed by atoms with Crippen LogP contribution in [0.5, 0.6) is 5.75 Å². The van der Waals surface area contributed by atoms with Crippen LogP contribution in [0.2, 0.25) is 0 Å². The molecule has 0 aliphatic rings. The van der Waals surface area contributed by atoms with Gasteiger partial charge in [0.1, 0.15) is 12.4 Å². The van der Waals surface area contributed by atoms with Crippen LogP contribution in [0.4, 0.5) is 0 Å². The fourth-order valence-electron chi connectivity index (χ4n) is 1.33. The Labute approximate surface area is 116 Å². The van der Waals surface area contributed by atoms with Crippen molar-refractivity contribution in [2.75, 3.05) is 0 Å². The Morgan fingerprint density at radius 2 is 1.94 bits per heavy atom. The number of ether oxygens (including phenoxy) is 1. The first-order chi connectivity index (χ1) is 7.79. The van der Waals surface area contributed by atoms with Gasteiger partial charge in [-0.25, -0.2) is 0 Å². The van der Waals surface area contributed by atoms with Crippen LogP contribution in [0.1, 0.15) is 10.4 Å². The lowest BCUT2D eigenvalue weighted by Crippen LogP contribution is -1.95. The standard InChI is InChI=1S/C12H10Br2OS/c13-7-9-3-1-2-4-11(9)15-8-10-5-6-12(14)16-10/h1-6H,7-8H2. The number of hydrogen-bond donors (Lipinski definition) is 0. The van der Waals surface area contributed by atoms with Gasteiger partial charge in [0.05, 0.1) is 3.79 Å². The van der Waals surface area contributed by atoms with E-state index in [9.17, 15) is 0 Å². The lowest BCUT2D eigenvalue weighted by molar-refractivity contribution is 0.307. The minimum atomic E-state index is 0.625. The van der Waals surface area contributed by atoms with Crippen LogP contribution in [-0.4, -0.2) is 0 Å². The van der Waals surface area contributed by atoms with Crippen molar-refractivity contribution in [2.24, 2.45) is 0 Å². The van der Waals surface area contributed by atoms with Gasteiger partial charge < -0.3 is 4.74 Å². The van der Waals surface area contributed by atoms with Crippen molar-refractivity contribution >= 4 is 43.2 Å². The molecule has 2 aromatic rings. The molecular weight excluding hydrogens is 352 g/mol. The van der Waals surface area contributed by atoms with Gasteiger partial charge in [-0.1, -0.05) is 34.1 Å². The van der Waals surface area contributed by atoms with E-state index < -0.39 is 0 Å². The average molecular weight is 362 g/mol. The highest BCUT2D eigenvalue weighted by molar-refractivity contribution is 9.11. The second-order valence-corrected chi connectivity index (χ2v) is 6.34. The largest absolute Gasteiger partial charge is 0.488 e. The Morgan fingerprint density at radius 3 is 2.62 bits per heavy atom. The van der Waals surface area contributed by atoms with E-state index in [1.54, 1.807) is 11.3 Å². The predicted molar refractivity (Wildman–Crippen MR) is 75.4 cm³/mol. The van der Waals surface area contributed by atoms with Crippen molar-refractivity contribution < 1.29 is 4.74 Å². The second kappa shape index (κ2) is 5.84. The van der Waals surface area contributed by atoms with Gasteiger partial charge in [0.2, 0.25) is 0 Å². The van der Waals surface area contributed by atoms with Crippen LogP contribution in [-0.2, 0) is 11.9 Å². The summed E-state index contributed by atoms with van der Waals surface area (Å²) in [6.45, 7) is 0.625. The summed E-state index contributed by atoms with van der Waals surface area (Å²) in [6.07, 6.45) is 0. The van der Waals surface area contributed by atoms with Crippen LogP contribution in [0.3, 0.4) is 0 Å². The first-order valence-corrected chi connectivity index (χ1v) is 7.53. The summed E-state index contributed by atoms with van der Waals surface area (Å²) in [5, 5.41) is 0.817. The molecule has 0 radical (unpaired) electrons. The van der Waals surface area contributed by atoms with Gasteiger partial charge in [-0.05, 0) is 34.1 Å². The summed E-state index contributed by atoms with van der Waals surface area (Å²) in [4.78, 5) is 1.22. The van der Waals surface area contributed by atoms with Gasteiger partial charge in [0.25, 0.3) is 0 Å². The monoisotopic (exact) mass is 360 g/mol. The zero-order valence-electron chi connectivity index (χ0n) is 8.45. The fraction of sp³-hybridized carbons (Fsp3) is 0.167. The van der Waals surface area contributed by atoms with Gasteiger partial charge in [0, 0.05) is 15.8 Å². The minimum Gasteiger partial charge on any atom is -0.488 e. The maximum absolute atomic E-state index is 5.79. The molecule has 0 atom stereocenters.